The molecule has 0 spiro atoms. The van der Waals surface area contributed by atoms with Crippen molar-refractivity contribution in [3.8, 4) is 16.3 Å². The quantitative estimate of drug-likeness (QED) is 0.597. The van der Waals surface area contributed by atoms with Crippen molar-refractivity contribution in [1.29, 1.82) is 0 Å². The van der Waals surface area contributed by atoms with Crippen LogP contribution in [0.4, 0.5) is 11.4 Å². The number of hydrogen-bond donors (Lipinski definition) is 1. The highest BCUT2D eigenvalue weighted by atomic mass is 35.5. The Morgan fingerprint density at radius 1 is 1.27 bits per heavy atom. The van der Waals surface area contributed by atoms with Crippen LogP contribution in [0, 0.1) is 0 Å². The second-order valence-corrected chi connectivity index (χ2v) is 8.18. The summed E-state index contributed by atoms with van der Waals surface area (Å²) in [5.74, 6) is 0.682. The van der Waals surface area contributed by atoms with Gasteiger partial charge in [0.25, 0.3) is 0 Å². The SMILES string of the molecule is COc1ccc(-c2nc(CC(=O)Nc3ccc(N4CCCC4=O)c(Cl)c3)cs2)cc1. The number of carbonyl (C=O) groups is 2. The largest absolute Gasteiger partial charge is 0.497 e. The first-order chi connectivity index (χ1) is 14.5. The monoisotopic (exact) mass is 441 g/mol. The number of methoxy groups -OCH3 is 1. The van der Waals surface area contributed by atoms with Crippen molar-refractivity contribution >= 4 is 46.1 Å². The second-order valence-electron chi connectivity index (χ2n) is 6.91. The third-order valence-corrected chi connectivity index (χ3v) is 6.07. The fraction of sp³-hybridized carbons (Fsp3) is 0.227. The molecule has 1 saturated heterocycles. The van der Waals surface area contributed by atoms with E-state index >= 15 is 0 Å². The van der Waals surface area contributed by atoms with Gasteiger partial charge in [-0.2, -0.15) is 0 Å². The Morgan fingerprint density at radius 3 is 2.73 bits per heavy atom. The third kappa shape index (κ3) is 4.47. The molecular weight excluding hydrogens is 422 g/mol. The molecule has 0 radical (unpaired) electrons. The van der Waals surface area contributed by atoms with Crippen LogP contribution in [0.2, 0.25) is 5.02 Å². The molecule has 8 heteroatoms. The Bertz CT molecular complexity index is 1080. The Hall–Kier alpha value is -2.90. The number of carbonyl (C=O) groups excluding carboxylic acids is 2. The molecule has 154 valence electrons. The zero-order valence-corrected chi connectivity index (χ0v) is 17.9. The highest BCUT2D eigenvalue weighted by Crippen LogP contribution is 2.32. The summed E-state index contributed by atoms with van der Waals surface area (Å²) in [4.78, 5) is 30.6. The van der Waals surface area contributed by atoms with E-state index in [2.05, 4.69) is 10.3 Å². The van der Waals surface area contributed by atoms with Gasteiger partial charge < -0.3 is 15.0 Å². The van der Waals surface area contributed by atoms with Crippen LogP contribution >= 0.6 is 22.9 Å². The lowest BCUT2D eigenvalue weighted by Crippen LogP contribution is -2.24. The highest BCUT2D eigenvalue weighted by molar-refractivity contribution is 7.13. The number of aromatic nitrogens is 1. The van der Waals surface area contributed by atoms with Crippen molar-refractivity contribution in [2.24, 2.45) is 0 Å². The molecule has 0 unspecified atom stereocenters. The molecule has 0 bridgehead atoms. The summed E-state index contributed by atoms with van der Waals surface area (Å²) in [6, 6.07) is 12.8. The lowest BCUT2D eigenvalue weighted by Gasteiger charge is -2.18. The number of thiazole rings is 1. The molecule has 2 amide bonds. The van der Waals surface area contributed by atoms with Gasteiger partial charge in [-0.25, -0.2) is 4.98 Å². The molecular formula is C22H20ClN3O3S. The predicted molar refractivity (Wildman–Crippen MR) is 119 cm³/mol. The number of halogens is 1. The molecule has 0 atom stereocenters. The molecule has 3 aromatic rings. The fourth-order valence-electron chi connectivity index (χ4n) is 3.33. The zero-order chi connectivity index (χ0) is 21.1. The molecule has 1 N–H and O–H groups in total. The number of anilines is 2. The summed E-state index contributed by atoms with van der Waals surface area (Å²) >= 11 is 7.84. The molecule has 0 saturated carbocycles. The van der Waals surface area contributed by atoms with Crippen molar-refractivity contribution in [3.63, 3.8) is 0 Å². The van der Waals surface area contributed by atoms with Gasteiger partial charge in [0.15, 0.2) is 0 Å². The van der Waals surface area contributed by atoms with Crippen LogP contribution in [-0.4, -0.2) is 30.5 Å². The van der Waals surface area contributed by atoms with Crippen molar-refractivity contribution in [1.82, 2.24) is 4.98 Å². The molecule has 1 aromatic heterocycles. The third-order valence-electron chi connectivity index (χ3n) is 4.83. The van der Waals surface area contributed by atoms with Crippen LogP contribution in [0.5, 0.6) is 5.75 Å². The maximum absolute atomic E-state index is 12.4. The Labute approximate surface area is 183 Å². The predicted octanol–water partition coefficient (Wildman–Crippen LogP) is 4.78. The van der Waals surface area contributed by atoms with E-state index in [9.17, 15) is 9.59 Å². The lowest BCUT2D eigenvalue weighted by atomic mass is 10.2. The average molecular weight is 442 g/mol. The van der Waals surface area contributed by atoms with Crippen molar-refractivity contribution in [2.45, 2.75) is 19.3 Å². The van der Waals surface area contributed by atoms with E-state index in [1.807, 2.05) is 29.6 Å². The van der Waals surface area contributed by atoms with Crippen LogP contribution in [0.25, 0.3) is 10.6 Å². The van der Waals surface area contributed by atoms with Crippen LogP contribution in [0.15, 0.2) is 47.8 Å². The number of amides is 2. The minimum Gasteiger partial charge on any atom is -0.497 e. The maximum atomic E-state index is 12.4. The van der Waals surface area contributed by atoms with Gasteiger partial charge in [0, 0.05) is 29.6 Å². The number of nitrogens with zero attached hydrogens (tertiary/aromatic N) is 2. The van der Waals surface area contributed by atoms with Crippen molar-refractivity contribution in [3.05, 3.63) is 58.6 Å². The van der Waals surface area contributed by atoms with Gasteiger partial charge in [-0.15, -0.1) is 11.3 Å². The number of benzene rings is 2. The standard InChI is InChI=1S/C22H20ClN3O3S/c1-29-17-7-4-14(5-8-17)22-25-16(13-30-22)12-20(27)24-15-6-9-19(18(23)11-15)26-10-2-3-21(26)28/h4-9,11,13H,2-3,10,12H2,1H3,(H,24,27). The van der Waals surface area contributed by atoms with Gasteiger partial charge in [0.05, 0.1) is 29.9 Å². The molecule has 2 heterocycles. The van der Waals surface area contributed by atoms with Gasteiger partial charge in [-0.3, -0.25) is 9.59 Å². The van der Waals surface area contributed by atoms with Gasteiger partial charge in [0.1, 0.15) is 10.8 Å². The Kier molecular flexibility index (Phi) is 6.01. The van der Waals surface area contributed by atoms with E-state index in [0.717, 1.165) is 22.7 Å². The first kappa shape index (κ1) is 20.4. The molecule has 2 aromatic carbocycles. The zero-order valence-electron chi connectivity index (χ0n) is 16.4. The van der Waals surface area contributed by atoms with E-state index in [4.69, 9.17) is 16.3 Å². The molecule has 6 nitrogen and oxygen atoms in total. The van der Waals surface area contributed by atoms with Gasteiger partial charge >= 0.3 is 0 Å². The van der Waals surface area contributed by atoms with E-state index in [0.29, 0.717) is 35.1 Å². The summed E-state index contributed by atoms with van der Waals surface area (Å²) < 4.78 is 5.17. The number of nitrogens with one attached hydrogen (secondary N) is 1. The first-order valence-electron chi connectivity index (χ1n) is 9.52. The molecule has 1 aliphatic rings. The van der Waals surface area contributed by atoms with E-state index in [1.54, 1.807) is 30.2 Å². The normalized spacial score (nSPS) is 13.5. The van der Waals surface area contributed by atoms with Gasteiger partial charge in [0.2, 0.25) is 11.8 Å². The molecule has 30 heavy (non-hydrogen) atoms. The Morgan fingerprint density at radius 2 is 2.07 bits per heavy atom. The first-order valence-corrected chi connectivity index (χ1v) is 10.8. The summed E-state index contributed by atoms with van der Waals surface area (Å²) in [6.07, 6.45) is 1.54. The van der Waals surface area contributed by atoms with E-state index in [1.165, 1.54) is 11.3 Å². The van der Waals surface area contributed by atoms with Crippen LogP contribution in [-0.2, 0) is 16.0 Å². The number of rotatable bonds is 6. The molecule has 0 aliphatic carbocycles. The van der Waals surface area contributed by atoms with Crippen LogP contribution in [0.3, 0.4) is 0 Å². The number of ether oxygens (including phenoxy) is 1. The number of hydrogen-bond acceptors (Lipinski definition) is 5. The van der Waals surface area contributed by atoms with E-state index in [-0.39, 0.29) is 18.2 Å². The molecule has 1 fully saturated rings. The van der Waals surface area contributed by atoms with E-state index < -0.39 is 0 Å². The van der Waals surface area contributed by atoms with Gasteiger partial charge in [-0.1, -0.05) is 11.6 Å². The highest BCUT2D eigenvalue weighted by Gasteiger charge is 2.23. The maximum Gasteiger partial charge on any atom is 0.230 e. The van der Waals surface area contributed by atoms with Crippen LogP contribution < -0.4 is 15.0 Å². The minimum atomic E-state index is -0.178. The summed E-state index contributed by atoms with van der Waals surface area (Å²) in [7, 11) is 1.63. The van der Waals surface area contributed by atoms with Crippen LogP contribution in [0.1, 0.15) is 18.5 Å². The Balaban J connectivity index is 1.39. The summed E-state index contributed by atoms with van der Waals surface area (Å²) in [6.45, 7) is 0.671. The van der Waals surface area contributed by atoms with Crippen molar-refractivity contribution in [2.75, 3.05) is 23.9 Å². The van der Waals surface area contributed by atoms with Gasteiger partial charge in [-0.05, 0) is 48.9 Å². The molecule has 4 rings (SSSR count). The second kappa shape index (κ2) is 8.85. The minimum absolute atomic E-state index is 0.0740. The fourth-order valence-corrected chi connectivity index (χ4v) is 4.44. The topological polar surface area (TPSA) is 71.5 Å². The smallest absolute Gasteiger partial charge is 0.230 e. The summed E-state index contributed by atoms with van der Waals surface area (Å²) in [5.41, 5.74) is 2.95. The molecule has 1 aliphatic heterocycles. The van der Waals surface area contributed by atoms with Crippen molar-refractivity contribution < 1.29 is 14.3 Å². The average Bonchev–Trinajstić information content (AvgIpc) is 3.37. The lowest BCUT2D eigenvalue weighted by molar-refractivity contribution is -0.117. The summed E-state index contributed by atoms with van der Waals surface area (Å²) in [5, 5.41) is 6.02.